The Morgan fingerprint density at radius 1 is 1.27 bits per heavy atom. The molecule has 3 aromatic rings. The highest BCUT2D eigenvalue weighted by Crippen LogP contribution is 2.31. The Kier molecular flexibility index (Phi) is 5.44. The quantitative estimate of drug-likeness (QED) is 0.718. The van der Waals surface area contributed by atoms with Crippen molar-refractivity contribution < 1.29 is 4.79 Å². The largest absolute Gasteiger partial charge is 0.352 e. The first-order chi connectivity index (χ1) is 12.4. The van der Waals surface area contributed by atoms with E-state index in [0.717, 1.165) is 11.1 Å². The van der Waals surface area contributed by atoms with E-state index in [2.05, 4.69) is 10.3 Å². The number of benzene rings is 1. The summed E-state index contributed by atoms with van der Waals surface area (Å²) in [6.45, 7) is 5.97. The van der Waals surface area contributed by atoms with Crippen molar-refractivity contribution in [1.82, 2.24) is 14.9 Å². The maximum Gasteiger partial charge on any atom is 0.263 e. The minimum absolute atomic E-state index is 0.0423. The van der Waals surface area contributed by atoms with Gasteiger partial charge in [0.2, 0.25) is 5.91 Å². The molecule has 2 heterocycles. The van der Waals surface area contributed by atoms with E-state index in [4.69, 9.17) is 11.6 Å². The molecule has 0 aliphatic heterocycles. The Balaban J connectivity index is 1.95. The summed E-state index contributed by atoms with van der Waals surface area (Å²) >= 11 is 7.36. The average Bonchev–Trinajstić information content (AvgIpc) is 3.02. The molecule has 7 heteroatoms. The van der Waals surface area contributed by atoms with Gasteiger partial charge in [-0.2, -0.15) is 0 Å². The summed E-state index contributed by atoms with van der Waals surface area (Å²) < 4.78 is 1.36. The molecule has 0 spiro atoms. The first kappa shape index (κ1) is 18.6. The Morgan fingerprint density at radius 3 is 2.62 bits per heavy atom. The number of thiophene rings is 1. The average molecular weight is 390 g/mol. The number of aromatic nitrogens is 2. The van der Waals surface area contributed by atoms with E-state index in [9.17, 15) is 9.59 Å². The fraction of sp³-hybridized carbons (Fsp3) is 0.316. The zero-order valence-corrected chi connectivity index (χ0v) is 16.4. The number of carbonyl (C=O) groups excluding carboxylic acids is 1. The van der Waals surface area contributed by atoms with Crippen molar-refractivity contribution in [2.24, 2.45) is 5.92 Å². The zero-order chi connectivity index (χ0) is 18.8. The molecular weight excluding hydrogens is 370 g/mol. The second-order valence-electron chi connectivity index (χ2n) is 6.61. The van der Waals surface area contributed by atoms with Gasteiger partial charge < -0.3 is 5.32 Å². The fourth-order valence-corrected chi connectivity index (χ4v) is 3.58. The number of carbonyl (C=O) groups is 1. The van der Waals surface area contributed by atoms with E-state index >= 15 is 0 Å². The highest BCUT2D eigenvalue weighted by atomic mass is 35.5. The summed E-state index contributed by atoms with van der Waals surface area (Å²) in [4.78, 5) is 30.2. The topological polar surface area (TPSA) is 64.0 Å². The molecular formula is C19H20ClN3O2S. The maximum atomic E-state index is 12.9. The van der Waals surface area contributed by atoms with Gasteiger partial charge in [-0.25, -0.2) is 4.98 Å². The van der Waals surface area contributed by atoms with Crippen molar-refractivity contribution in [3.05, 3.63) is 51.3 Å². The normalized spacial score (nSPS) is 12.5. The number of fused-ring (bicyclic) bond motifs is 1. The molecule has 0 bridgehead atoms. The molecule has 136 valence electrons. The first-order valence-corrected chi connectivity index (χ1v) is 9.64. The van der Waals surface area contributed by atoms with Gasteiger partial charge in [-0.15, -0.1) is 11.3 Å². The molecule has 0 fully saturated rings. The van der Waals surface area contributed by atoms with Gasteiger partial charge in [0.25, 0.3) is 5.56 Å². The number of hydrogen-bond acceptors (Lipinski definition) is 4. The van der Waals surface area contributed by atoms with E-state index in [1.807, 2.05) is 38.3 Å². The lowest BCUT2D eigenvalue weighted by Crippen LogP contribution is -2.39. The van der Waals surface area contributed by atoms with Crippen molar-refractivity contribution in [2.45, 2.75) is 33.4 Å². The second kappa shape index (κ2) is 7.60. The number of nitrogens with one attached hydrogen (secondary N) is 1. The molecule has 0 saturated carbocycles. The van der Waals surface area contributed by atoms with Crippen molar-refractivity contribution in [1.29, 1.82) is 0 Å². The third kappa shape index (κ3) is 3.81. The smallest absolute Gasteiger partial charge is 0.263 e. The Labute approximate surface area is 160 Å². The van der Waals surface area contributed by atoms with Gasteiger partial charge in [-0.3, -0.25) is 14.2 Å². The molecule has 1 aromatic carbocycles. The Morgan fingerprint density at radius 2 is 1.96 bits per heavy atom. The Bertz CT molecular complexity index is 992. The van der Waals surface area contributed by atoms with Crippen LogP contribution in [0.25, 0.3) is 21.3 Å². The van der Waals surface area contributed by atoms with Crippen molar-refractivity contribution in [3.8, 4) is 11.1 Å². The SMILES string of the molecule is CC(C)[C@H](C)NC(=O)Cn1cnc2scc(-c3ccc(Cl)cc3)c2c1=O. The molecule has 0 aliphatic rings. The molecule has 0 aliphatic carbocycles. The number of hydrogen-bond donors (Lipinski definition) is 1. The number of nitrogens with zero attached hydrogens (tertiary/aromatic N) is 2. The van der Waals surface area contributed by atoms with Crippen LogP contribution in [0.2, 0.25) is 5.02 Å². The predicted molar refractivity (Wildman–Crippen MR) is 107 cm³/mol. The predicted octanol–water partition coefficient (Wildman–Crippen LogP) is 3.94. The standard InChI is InChI=1S/C19H20ClN3O2S/c1-11(2)12(3)22-16(24)8-23-10-21-18-17(19(23)25)15(9-26-18)13-4-6-14(20)7-5-13/h4-7,9-12H,8H2,1-3H3,(H,22,24)/t12-/m0/s1. The lowest BCUT2D eigenvalue weighted by atomic mass is 10.1. The number of rotatable bonds is 5. The molecule has 1 atom stereocenters. The van der Waals surface area contributed by atoms with Crippen LogP contribution in [0.15, 0.2) is 40.8 Å². The number of halogens is 1. The molecule has 2 aromatic heterocycles. The van der Waals surface area contributed by atoms with E-state index < -0.39 is 0 Å². The van der Waals surface area contributed by atoms with Crippen molar-refractivity contribution in [3.63, 3.8) is 0 Å². The van der Waals surface area contributed by atoms with Crippen LogP contribution in [0.4, 0.5) is 0 Å². The van der Waals surface area contributed by atoms with Gasteiger partial charge in [0, 0.05) is 22.0 Å². The molecule has 0 unspecified atom stereocenters. The summed E-state index contributed by atoms with van der Waals surface area (Å²) in [6.07, 6.45) is 1.44. The molecule has 5 nitrogen and oxygen atoms in total. The van der Waals surface area contributed by atoms with Crippen LogP contribution >= 0.6 is 22.9 Å². The highest BCUT2D eigenvalue weighted by Gasteiger charge is 2.16. The van der Waals surface area contributed by atoms with Crippen molar-refractivity contribution in [2.75, 3.05) is 0 Å². The van der Waals surface area contributed by atoms with Gasteiger partial charge >= 0.3 is 0 Å². The van der Waals surface area contributed by atoms with Gasteiger partial charge in [0.1, 0.15) is 11.4 Å². The molecule has 0 radical (unpaired) electrons. The van der Waals surface area contributed by atoms with Crippen LogP contribution in [0.1, 0.15) is 20.8 Å². The van der Waals surface area contributed by atoms with Crippen LogP contribution in [0.5, 0.6) is 0 Å². The van der Waals surface area contributed by atoms with Crippen molar-refractivity contribution >= 4 is 39.1 Å². The zero-order valence-electron chi connectivity index (χ0n) is 14.8. The lowest BCUT2D eigenvalue weighted by Gasteiger charge is -2.17. The van der Waals surface area contributed by atoms with E-state index in [1.54, 1.807) is 12.1 Å². The summed E-state index contributed by atoms with van der Waals surface area (Å²) in [5, 5.41) is 5.99. The maximum absolute atomic E-state index is 12.9. The van der Waals surface area contributed by atoms with E-state index in [-0.39, 0.29) is 24.1 Å². The summed E-state index contributed by atoms with van der Waals surface area (Å²) in [5.41, 5.74) is 1.49. The monoisotopic (exact) mass is 389 g/mol. The fourth-order valence-electron chi connectivity index (χ4n) is 2.54. The van der Waals surface area contributed by atoms with Crippen LogP contribution in [-0.2, 0) is 11.3 Å². The van der Waals surface area contributed by atoms with Crippen LogP contribution in [-0.4, -0.2) is 21.5 Å². The third-order valence-electron chi connectivity index (χ3n) is 4.42. The summed E-state index contributed by atoms with van der Waals surface area (Å²) in [5.74, 6) is 0.127. The van der Waals surface area contributed by atoms with Crippen LogP contribution in [0.3, 0.4) is 0 Å². The summed E-state index contributed by atoms with van der Waals surface area (Å²) in [7, 11) is 0. The molecule has 1 amide bonds. The van der Waals surface area contributed by atoms with Gasteiger partial charge in [0.15, 0.2) is 0 Å². The molecule has 1 N–H and O–H groups in total. The Hall–Kier alpha value is -2.18. The highest BCUT2D eigenvalue weighted by molar-refractivity contribution is 7.17. The molecule has 3 rings (SSSR count). The van der Waals surface area contributed by atoms with Gasteiger partial charge in [-0.05, 0) is 30.5 Å². The third-order valence-corrected chi connectivity index (χ3v) is 5.56. The number of amides is 1. The molecule has 26 heavy (non-hydrogen) atoms. The first-order valence-electron chi connectivity index (χ1n) is 8.38. The molecule has 0 saturated heterocycles. The van der Waals surface area contributed by atoms with E-state index in [1.165, 1.54) is 22.2 Å². The van der Waals surface area contributed by atoms with Gasteiger partial charge in [0.05, 0.1) is 11.7 Å². The lowest BCUT2D eigenvalue weighted by molar-refractivity contribution is -0.122. The van der Waals surface area contributed by atoms with Crippen LogP contribution < -0.4 is 10.9 Å². The van der Waals surface area contributed by atoms with Crippen LogP contribution in [0, 0.1) is 5.92 Å². The summed E-state index contributed by atoms with van der Waals surface area (Å²) in [6, 6.07) is 7.36. The van der Waals surface area contributed by atoms with Gasteiger partial charge in [-0.1, -0.05) is 37.6 Å². The van der Waals surface area contributed by atoms with E-state index in [0.29, 0.717) is 21.2 Å². The minimum Gasteiger partial charge on any atom is -0.352 e. The minimum atomic E-state index is -0.214. The second-order valence-corrected chi connectivity index (χ2v) is 7.91.